The number of aromatic nitrogens is 4. The van der Waals surface area contributed by atoms with E-state index < -0.39 is 0 Å². The Morgan fingerprint density at radius 3 is 2.82 bits per heavy atom. The summed E-state index contributed by atoms with van der Waals surface area (Å²) in [7, 11) is 0. The van der Waals surface area contributed by atoms with E-state index in [0.29, 0.717) is 17.4 Å². The van der Waals surface area contributed by atoms with Crippen molar-refractivity contribution >= 4 is 28.7 Å². The Kier molecular flexibility index (Phi) is 3.51. The van der Waals surface area contributed by atoms with Crippen LogP contribution in [0, 0.1) is 0 Å². The highest BCUT2D eigenvalue weighted by Gasteiger charge is 2.12. The van der Waals surface area contributed by atoms with E-state index in [0.717, 1.165) is 23.0 Å². The Morgan fingerprint density at radius 1 is 1.41 bits per heavy atom. The fraction of sp³-hybridized carbons (Fsp3) is 0.545. The molecule has 0 spiro atoms. The summed E-state index contributed by atoms with van der Waals surface area (Å²) in [5, 5.41) is 0.735. The van der Waals surface area contributed by atoms with Crippen LogP contribution in [0.15, 0.2) is 11.5 Å². The lowest BCUT2D eigenvalue weighted by Crippen LogP contribution is -2.03. The van der Waals surface area contributed by atoms with Crippen LogP contribution in [-0.2, 0) is 0 Å². The molecule has 6 heteroatoms. The molecule has 0 amide bonds. The molecule has 0 atom stereocenters. The first-order valence-electron chi connectivity index (χ1n) is 5.76. The van der Waals surface area contributed by atoms with Crippen LogP contribution in [0.4, 0.5) is 5.82 Å². The average Bonchev–Trinajstić information content (AvgIpc) is 2.70. The maximum atomic E-state index is 5.90. The van der Waals surface area contributed by atoms with Crippen LogP contribution >= 0.6 is 11.8 Å². The molecule has 0 unspecified atom stereocenters. The van der Waals surface area contributed by atoms with E-state index in [-0.39, 0.29) is 0 Å². The number of hydrogen-bond donors (Lipinski definition) is 1. The van der Waals surface area contributed by atoms with Crippen LogP contribution in [0.3, 0.4) is 0 Å². The zero-order valence-corrected chi connectivity index (χ0v) is 11.2. The quantitative estimate of drug-likeness (QED) is 0.668. The zero-order valence-electron chi connectivity index (χ0n) is 10.3. The van der Waals surface area contributed by atoms with Crippen molar-refractivity contribution in [3.63, 3.8) is 0 Å². The van der Waals surface area contributed by atoms with Crippen molar-refractivity contribution in [2.24, 2.45) is 0 Å². The molecule has 2 rings (SSSR count). The number of nitrogens with zero attached hydrogens (tertiary/aromatic N) is 4. The molecule has 92 valence electrons. The highest BCUT2D eigenvalue weighted by Crippen LogP contribution is 2.23. The Bertz CT molecular complexity index is 520. The largest absolute Gasteiger partial charge is 0.382 e. The molecule has 0 aliphatic carbocycles. The van der Waals surface area contributed by atoms with Crippen molar-refractivity contribution in [2.45, 2.75) is 38.4 Å². The number of thioether (sulfide) groups is 1. The summed E-state index contributed by atoms with van der Waals surface area (Å²) < 4.78 is 2.02. The first-order chi connectivity index (χ1) is 8.13. The van der Waals surface area contributed by atoms with E-state index in [1.165, 1.54) is 0 Å². The number of rotatable bonds is 4. The van der Waals surface area contributed by atoms with Crippen LogP contribution < -0.4 is 5.73 Å². The van der Waals surface area contributed by atoms with Crippen molar-refractivity contribution in [1.29, 1.82) is 0 Å². The molecular formula is C11H17N5S. The van der Waals surface area contributed by atoms with E-state index in [2.05, 4.69) is 35.7 Å². The molecule has 0 fully saturated rings. The van der Waals surface area contributed by atoms with E-state index >= 15 is 0 Å². The molecule has 0 radical (unpaired) electrons. The summed E-state index contributed by atoms with van der Waals surface area (Å²) in [5.74, 6) is 1.47. The number of nitrogens with two attached hydrogens (primary N) is 1. The van der Waals surface area contributed by atoms with Crippen LogP contribution in [0.1, 0.15) is 33.2 Å². The van der Waals surface area contributed by atoms with Crippen LogP contribution in [0.2, 0.25) is 0 Å². The van der Waals surface area contributed by atoms with Crippen molar-refractivity contribution in [1.82, 2.24) is 19.5 Å². The van der Waals surface area contributed by atoms with E-state index in [1.54, 1.807) is 18.1 Å². The summed E-state index contributed by atoms with van der Waals surface area (Å²) >= 11 is 1.63. The maximum absolute atomic E-state index is 5.90. The Labute approximate surface area is 105 Å². The van der Waals surface area contributed by atoms with Crippen LogP contribution in [0.25, 0.3) is 11.2 Å². The lowest BCUT2D eigenvalue weighted by molar-refractivity contribution is 0.611. The van der Waals surface area contributed by atoms with Gasteiger partial charge in [0.2, 0.25) is 0 Å². The average molecular weight is 251 g/mol. The molecule has 0 aliphatic heterocycles. The fourth-order valence-electron chi connectivity index (χ4n) is 1.55. The highest BCUT2D eigenvalue weighted by atomic mass is 32.2. The number of nitrogen functional groups attached to an aromatic ring is 1. The van der Waals surface area contributed by atoms with Gasteiger partial charge in [-0.2, -0.15) is 0 Å². The summed E-state index contributed by atoms with van der Waals surface area (Å²) in [4.78, 5) is 13.1. The third-order valence-electron chi connectivity index (χ3n) is 2.42. The maximum Gasteiger partial charge on any atom is 0.191 e. The first-order valence-corrected chi connectivity index (χ1v) is 6.75. The first kappa shape index (κ1) is 12.2. The Morgan fingerprint density at radius 2 is 2.18 bits per heavy atom. The van der Waals surface area contributed by atoms with Gasteiger partial charge in [0.15, 0.2) is 16.6 Å². The minimum atomic E-state index is 0.318. The number of fused-ring (bicyclic) bond motifs is 1. The van der Waals surface area contributed by atoms with Gasteiger partial charge < -0.3 is 10.3 Å². The van der Waals surface area contributed by atoms with Gasteiger partial charge in [-0.15, -0.1) is 0 Å². The van der Waals surface area contributed by atoms with Crippen LogP contribution in [0.5, 0.6) is 0 Å². The SMILES string of the molecule is CCCSc1nc(N)c2ncn(C(C)C)c2n1. The summed E-state index contributed by atoms with van der Waals surface area (Å²) in [6, 6.07) is 0.318. The summed E-state index contributed by atoms with van der Waals surface area (Å²) in [6.07, 6.45) is 2.87. The minimum absolute atomic E-state index is 0.318. The van der Waals surface area contributed by atoms with Gasteiger partial charge in [-0.1, -0.05) is 18.7 Å². The van der Waals surface area contributed by atoms with Gasteiger partial charge in [0, 0.05) is 11.8 Å². The topological polar surface area (TPSA) is 69.6 Å². The van der Waals surface area contributed by atoms with Gasteiger partial charge in [0.05, 0.1) is 6.33 Å². The highest BCUT2D eigenvalue weighted by molar-refractivity contribution is 7.99. The molecule has 2 N–H and O–H groups in total. The van der Waals surface area contributed by atoms with E-state index in [4.69, 9.17) is 5.73 Å². The molecule has 0 aromatic carbocycles. The van der Waals surface area contributed by atoms with Crippen molar-refractivity contribution in [3.8, 4) is 0 Å². The zero-order chi connectivity index (χ0) is 12.4. The number of anilines is 1. The lowest BCUT2D eigenvalue weighted by atomic mass is 10.4. The normalized spacial score (nSPS) is 11.5. The van der Waals surface area contributed by atoms with Crippen molar-refractivity contribution in [2.75, 3.05) is 11.5 Å². The second-order valence-corrected chi connectivity index (χ2v) is 5.22. The van der Waals surface area contributed by atoms with Gasteiger partial charge in [-0.05, 0) is 20.3 Å². The Hall–Kier alpha value is -1.30. The number of hydrogen-bond acceptors (Lipinski definition) is 5. The second kappa shape index (κ2) is 4.91. The van der Waals surface area contributed by atoms with Gasteiger partial charge in [-0.25, -0.2) is 15.0 Å². The van der Waals surface area contributed by atoms with Crippen LogP contribution in [-0.4, -0.2) is 25.3 Å². The van der Waals surface area contributed by atoms with Crippen molar-refractivity contribution < 1.29 is 0 Å². The predicted molar refractivity (Wildman–Crippen MR) is 71.1 cm³/mol. The molecule has 2 heterocycles. The molecule has 2 aromatic rings. The molecule has 0 bridgehead atoms. The molecular weight excluding hydrogens is 234 g/mol. The molecule has 0 aliphatic rings. The summed E-state index contributed by atoms with van der Waals surface area (Å²) in [6.45, 7) is 6.32. The van der Waals surface area contributed by atoms with Gasteiger partial charge >= 0.3 is 0 Å². The molecule has 0 saturated carbocycles. The smallest absolute Gasteiger partial charge is 0.191 e. The van der Waals surface area contributed by atoms with Gasteiger partial charge in [0.25, 0.3) is 0 Å². The third-order valence-corrected chi connectivity index (χ3v) is 3.47. The molecule has 2 aromatic heterocycles. The monoisotopic (exact) mass is 251 g/mol. The number of imidazole rings is 1. The van der Waals surface area contributed by atoms with Gasteiger partial charge in [-0.3, -0.25) is 0 Å². The predicted octanol–water partition coefficient (Wildman–Crippen LogP) is 2.49. The Balaban J connectivity index is 2.49. The second-order valence-electron chi connectivity index (χ2n) is 4.16. The molecule has 0 saturated heterocycles. The van der Waals surface area contributed by atoms with Crippen molar-refractivity contribution in [3.05, 3.63) is 6.33 Å². The lowest BCUT2D eigenvalue weighted by Gasteiger charge is -2.08. The minimum Gasteiger partial charge on any atom is -0.382 e. The van der Waals surface area contributed by atoms with Gasteiger partial charge in [0.1, 0.15) is 5.52 Å². The third kappa shape index (κ3) is 2.36. The fourth-order valence-corrected chi connectivity index (χ4v) is 2.25. The molecule has 5 nitrogen and oxygen atoms in total. The summed E-state index contributed by atoms with van der Waals surface area (Å²) in [5.41, 5.74) is 7.42. The standard InChI is InChI=1S/C11H17N5S/c1-4-5-17-11-14-9(12)8-10(15-11)16(6-13-8)7(2)3/h6-7H,4-5H2,1-3H3,(H2,12,14,15). The molecule has 17 heavy (non-hydrogen) atoms. The van der Waals surface area contributed by atoms with E-state index in [9.17, 15) is 0 Å². The van der Waals surface area contributed by atoms with E-state index in [1.807, 2.05) is 4.57 Å².